The fraction of sp³-hybridized carbons (Fsp3) is 0.360. The topological polar surface area (TPSA) is 126 Å². The van der Waals surface area contributed by atoms with Gasteiger partial charge < -0.3 is 19.0 Å². The molecular formula is C25H25N3O7S. The highest BCUT2D eigenvalue weighted by molar-refractivity contribution is 7.22. The van der Waals surface area contributed by atoms with Gasteiger partial charge in [0, 0.05) is 0 Å². The molecule has 36 heavy (non-hydrogen) atoms. The summed E-state index contributed by atoms with van der Waals surface area (Å²) in [6.45, 7) is 5.38. The second-order valence-corrected chi connectivity index (χ2v) is 10.2. The van der Waals surface area contributed by atoms with Crippen molar-refractivity contribution >= 4 is 27.5 Å². The first kappa shape index (κ1) is 24.2. The smallest absolute Gasteiger partial charge is 0.333 e. The van der Waals surface area contributed by atoms with Crippen molar-refractivity contribution in [2.75, 3.05) is 13.2 Å². The summed E-state index contributed by atoms with van der Waals surface area (Å²) >= 11 is 1.21. The van der Waals surface area contributed by atoms with Crippen molar-refractivity contribution in [2.45, 2.75) is 45.1 Å². The summed E-state index contributed by atoms with van der Waals surface area (Å²) in [7, 11) is 0. The minimum Gasteiger partial charge on any atom is -0.480 e. The fourth-order valence-corrected chi connectivity index (χ4v) is 5.46. The van der Waals surface area contributed by atoms with Crippen molar-refractivity contribution in [3.63, 3.8) is 0 Å². The van der Waals surface area contributed by atoms with Gasteiger partial charge in [-0.2, -0.15) is 0 Å². The highest BCUT2D eigenvalue weighted by atomic mass is 32.1. The number of nitrogens with zero attached hydrogens (tertiary/aromatic N) is 3. The van der Waals surface area contributed by atoms with Crippen molar-refractivity contribution in [3.05, 3.63) is 74.8 Å². The number of carboxylic acids is 1. The Morgan fingerprint density at radius 3 is 2.58 bits per heavy atom. The molecular weight excluding hydrogens is 486 g/mol. The van der Waals surface area contributed by atoms with Gasteiger partial charge in [-0.15, -0.1) is 11.3 Å². The number of aliphatic carboxylic acids is 1. The normalized spacial score (nSPS) is 15.2. The van der Waals surface area contributed by atoms with Gasteiger partial charge >= 0.3 is 11.7 Å². The predicted molar refractivity (Wildman–Crippen MR) is 132 cm³/mol. The van der Waals surface area contributed by atoms with Crippen molar-refractivity contribution in [1.82, 2.24) is 14.1 Å². The summed E-state index contributed by atoms with van der Waals surface area (Å²) in [5.74, 6) is -0.977. The molecule has 1 aliphatic heterocycles. The van der Waals surface area contributed by atoms with Gasteiger partial charge in [0.1, 0.15) is 28.8 Å². The van der Waals surface area contributed by atoms with Gasteiger partial charge in [-0.3, -0.25) is 9.36 Å². The van der Waals surface area contributed by atoms with Crippen molar-refractivity contribution in [1.29, 1.82) is 0 Å². The minimum absolute atomic E-state index is 0.0663. The third-order valence-corrected chi connectivity index (χ3v) is 7.71. The quantitative estimate of drug-likeness (QED) is 0.382. The number of hydrogen-bond donors (Lipinski definition) is 1. The number of thiophene rings is 1. The molecule has 3 aromatic heterocycles. The molecule has 0 saturated carbocycles. The molecule has 1 fully saturated rings. The van der Waals surface area contributed by atoms with E-state index < -0.39 is 28.9 Å². The molecule has 0 aliphatic carbocycles. The van der Waals surface area contributed by atoms with Crippen LogP contribution in [0.15, 0.2) is 56.8 Å². The van der Waals surface area contributed by atoms with Gasteiger partial charge in [-0.25, -0.2) is 19.1 Å². The van der Waals surface area contributed by atoms with Crippen LogP contribution in [-0.4, -0.2) is 44.5 Å². The third-order valence-electron chi connectivity index (χ3n) is 6.41. The van der Waals surface area contributed by atoms with Crippen molar-refractivity contribution in [2.24, 2.45) is 0 Å². The first-order valence-corrected chi connectivity index (χ1v) is 12.2. The highest BCUT2D eigenvalue weighted by Gasteiger charge is 2.36. The molecule has 10 nitrogen and oxygen atoms in total. The van der Waals surface area contributed by atoms with Crippen LogP contribution >= 0.6 is 11.3 Å². The summed E-state index contributed by atoms with van der Waals surface area (Å²) in [6.07, 6.45) is 2.26. The number of carbonyl (C=O) groups is 1. The van der Waals surface area contributed by atoms with Crippen LogP contribution in [0.25, 0.3) is 21.0 Å². The number of hydrogen-bond acceptors (Lipinski definition) is 8. The monoisotopic (exact) mass is 511 g/mol. The summed E-state index contributed by atoms with van der Waals surface area (Å²) < 4.78 is 19.3. The Kier molecular flexibility index (Phi) is 6.15. The lowest BCUT2D eigenvalue weighted by molar-refractivity contribution is -0.159. The number of rotatable bonds is 8. The zero-order valence-corrected chi connectivity index (χ0v) is 20.8. The van der Waals surface area contributed by atoms with E-state index in [0.29, 0.717) is 34.4 Å². The van der Waals surface area contributed by atoms with Crippen LogP contribution < -0.4 is 11.2 Å². The lowest BCUT2D eigenvalue weighted by atomic mass is 10.1. The molecule has 1 aliphatic rings. The Morgan fingerprint density at radius 2 is 2.00 bits per heavy atom. The van der Waals surface area contributed by atoms with E-state index in [1.54, 1.807) is 6.92 Å². The van der Waals surface area contributed by atoms with Crippen molar-refractivity contribution in [3.8, 4) is 10.8 Å². The van der Waals surface area contributed by atoms with Crippen LogP contribution in [0.5, 0.6) is 0 Å². The Labute approximate surface area is 209 Å². The zero-order chi connectivity index (χ0) is 25.6. The molecule has 11 heteroatoms. The molecule has 0 amide bonds. The molecule has 1 aromatic carbocycles. The molecule has 1 N–H and O–H groups in total. The second kappa shape index (κ2) is 9.16. The largest absolute Gasteiger partial charge is 0.480 e. The molecule has 0 radical (unpaired) electrons. The highest BCUT2D eigenvalue weighted by Crippen LogP contribution is 2.36. The Balaban J connectivity index is 1.76. The number of benzene rings is 1. The molecule has 1 unspecified atom stereocenters. The molecule has 1 atom stereocenters. The van der Waals surface area contributed by atoms with E-state index in [1.165, 1.54) is 42.2 Å². The maximum absolute atomic E-state index is 13.8. The second-order valence-electron chi connectivity index (χ2n) is 9.17. The molecule has 4 aromatic rings. The van der Waals surface area contributed by atoms with Crippen LogP contribution in [0.4, 0.5) is 0 Å². The number of ether oxygens (including phenoxy) is 2. The maximum Gasteiger partial charge on any atom is 0.333 e. The average molecular weight is 512 g/mol. The number of oxazole rings is 1. The van der Waals surface area contributed by atoms with E-state index in [2.05, 4.69) is 4.98 Å². The molecule has 1 saturated heterocycles. The Morgan fingerprint density at radius 1 is 1.28 bits per heavy atom. The van der Waals surface area contributed by atoms with Crippen LogP contribution in [0.2, 0.25) is 0 Å². The zero-order valence-electron chi connectivity index (χ0n) is 20.0. The van der Waals surface area contributed by atoms with E-state index in [9.17, 15) is 19.5 Å². The van der Waals surface area contributed by atoms with Gasteiger partial charge in [-0.05, 0) is 31.9 Å². The molecule has 5 rings (SSSR count). The predicted octanol–water partition coefficient (Wildman–Crippen LogP) is 3.16. The van der Waals surface area contributed by atoms with Crippen LogP contribution in [-0.2, 0) is 26.4 Å². The van der Waals surface area contributed by atoms with Gasteiger partial charge in [0.05, 0.1) is 36.2 Å². The molecule has 0 spiro atoms. The van der Waals surface area contributed by atoms with Gasteiger partial charge in [0.25, 0.3) is 5.56 Å². The minimum atomic E-state index is -1.79. The summed E-state index contributed by atoms with van der Waals surface area (Å²) in [6, 6.07) is 9.46. The molecule has 188 valence electrons. The third kappa shape index (κ3) is 3.98. The Hall–Kier alpha value is -3.54. The first-order valence-electron chi connectivity index (χ1n) is 11.4. The van der Waals surface area contributed by atoms with E-state index >= 15 is 0 Å². The first-order chi connectivity index (χ1) is 17.2. The maximum atomic E-state index is 13.8. The summed E-state index contributed by atoms with van der Waals surface area (Å²) in [5, 5.41) is 10.1. The van der Waals surface area contributed by atoms with E-state index in [4.69, 9.17) is 13.9 Å². The number of aromatic nitrogens is 3. The summed E-state index contributed by atoms with van der Waals surface area (Å²) in [4.78, 5) is 44.8. The van der Waals surface area contributed by atoms with E-state index in [-0.39, 0.29) is 18.0 Å². The average Bonchev–Trinajstić information content (AvgIpc) is 3.46. The van der Waals surface area contributed by atoms with E-state index in [0.717, 1.165) is 10.1 Å². The Bertz CT molecular complexity index is 1530. The fourth-order valence-electron chi connectivity index (χ4n) is 4.22. The molecule has 4 heterocycles. The number of carboxylic acid groups (broad SMARTS) is 1. The SMILES string of the molecule is Cc1c(-c2ncco2)sc2c1c(=O)n(C(C)(C)C(=O)O)c(=O)n2CC(OC1COC1)c1ccccc1. The van der Waals surface area contributed by atoms with E-state index in [1.807, 2.05) is 30.3 Å². The lowest BCUT2D eigenvalue weighted by Crippen LogP contribution is -2.52. The molecule has 0 bridgehead atoms. The van der Waals surface area contributed by atoms with Gasteiger partial charge in [0.2, 0.25) is 5.89 Å². The standard InChI is InChI=1S/C25H25N3O7S/c1-14-18-21(29)28(25(2,3)23(30)31)24(32)27(22(18)36-19(14)20-26-9-10-34-20)11-17(35-16-12-33-13-16)15-7-5-4-6-8-15/h4-10,16-17H,11-13H2,1-3H3,(H,30,31). The van der Waals surface area contributed by atoms with Crippen molar-refractivity contribution < 1.29 is 23.8 Å². The van der Waals surface area contributed by atoms with Crippen LogP contribution in [0.3, 0.4) is 0 Å². The summed E-state index contributed by atoms with van der Waals surface area (Å²) in [5.41, 5.74) is -1.77. The number of aryl methyl sites for hydroxylation is 1. The van der Waals surface area contributed by atoms with Gasteiger partial charge in [0.15, 0.2) is 0 Å². The lowest BCUT2D eigenvalue weighted by Gasteiger charge is -2.31. The van der Waals surface area contributed by atoms with Gasteiger partial charge in [-0.1, -0.05) is 30.3 Å². The number of fused-ring (bicyclic) bond motifs is 1. The van der Waals surface area contributed by atoms with Crippen LogP contribution in [0, 0.1) is 6.92 Å². The van der Waals surface area contributed by atoms with Crippen LogP contribution in [0.1, 0.15) is 31.1 Å².